The van der Waals surface area contributed by atoms with Crippen LogP contribution < -0.4 is 9.64 Å². The molecule has 0 radical (unpaired) electrons. The van der Waals surface area contributed by atoms with Gasteiger partial charge in [0.2, 0.25) is 11.8 Å². The summed E-state index contributed by atoms with van der Waals surface area (Å²) in [6.07, 6.45) is 8.50. The monoisotopic (exact) mass is 394 g/mol. The van der Waals surface area contributed by atoms with Crippen LogP contribution in [0.15, 0.2) is 36.7 Å². The van der Waals surface area contributed by atoms with Gasteiger partial charge in [0.05, 0.1) is 24.1 Å². The maximum absolute atomic E-state index is 12.7. The van der Waals surface area contributed by atoms with Crippen molar-refractivity contribution < 1.29 is 14.3 Å². The number of piperazine rings is 1. The molecule has 7 nitrogen and oxygen atoms in total. The van der Waals surface area contributed by atoms with Crippen LogP contribution in [0.4, 0.5) is 5.69 Å². The standard InChI is InChI=1S/C22H26N4O3/c27-22(16-3-1-2-4-16)26-10-8-25(9-11-26)17-5-6-20-19(13-17)21(24-15-23-20)29-18-7-12-28-14-18/h1-2,5-6,13,15-16,18H,3-4,7-12,14H2. The fourth-order valence-corrected chi connectivity index (χ4v) is 4.34. The van der Waals surface area contributed by atoms with Crippen molar-refractivity contribution in [3.8, 4) is 5.88 Å². The Balaban J connectivity index is 1.29. The highest BCUT2D eigenvalue weighted by atomic mass is 16.5. The number of anilines is 1. The summed E-state index contributed by atoms with van der Waals surface area (Å²) in [4.78, 5) is 25.7. The maximum atomic E-state index is 12.7. The number of benzene rings is 1. The molecular weight excluding hydrogens is 368 g/mol. The van der Waals surface area contributed by atoms with E-state index >= 15 is 0 Å². The van der Waals surface area contributed by atoms with Gasteiger partial charge in [0.15, 0.2) is 0 Å². The van der Waals surface area contributed by atoms with Crippen LogP contribution in [-0.2, 0) is 9.53 Å². The molecule has 1 amide bonds. The molecule has 0 spiro atoms. The van der Waals surface area contributed by atoms with Gasteiger partial charge in [-0.1, -0.05) is 12.2 Å². The van der Waals surface area contributed by atoms with Gasteiger partial charge in [-0.15, -0.1) is 0 Å². The molecule has 0 saturated carbocycles. The minimum Gasteiger partial charge on any atom is -0.471 e. The number of hydrogen-bond acceptors (Lipinski definition) is 6. The lowest BCUT2D eigenvalue weighted by Crippen LogP contribution is -2.50. The van der Waals surface area contributed by atoms with Crippen molar-refractivity contribution in [1.29, 1.82) is 0 Å². The molecule has 2 saturated heterocycles. The number of nitrogens with zero attached hydrogens (tertiary/aromatic N) is 4. The largest absolute Gasteiger partial charge is 0.471 e. The van der Waals surface area contributed by atoms with E-state index in [2.05, 4.69) is 39.2 Å². The van der Waals surface area contributed by atoms with Crippen molar-refractivity contribution in [3.05, 3.63) is 36.7 Å². The second-order valence-corrected chi connectivity index (χ2v) is 7.94. The van der Waals surface area contributed by atoms with E-state index in [0.717, 1.165) is 68.6 Å². The Labute approximate surface area is 170 Å². The number of hydrogen-bond donors (Lipinski definition) is 0. The molecule has 152 valence electrons. The van der Waals surface area contributed by atoms with Crippen molar-refractivity contribution in [3.63, 3.8) is 0 Å². The molecule has 0 N–H and O–H groups in total. The fourth-order valence-electron chi connectivity index (χ4n) is 4.34. The van der Waals surface area contributed by atoms with E-state index in [9.17, 15) is 4.79 Å². The predicted octanol–water partition coefficient (Wildman–Crippen LogP) is 2.41. The van der Waals surface area contributed by atoms with Gasteiger partial charge in [-0.25, -0.2) is 9.97 Å². The number of rotatable bonds is 4. The van der Waals surface area contributed by atoms with Gasteiger partial charge in [0.1, 0.15) is 12.4 Å². The Morgan fingerprint density at radius 1 is 1.10 bits per heavy atom. The van der Waals surface area contributed by atoms with Gasteiger partial charge >= 0.3 is 0 Å². The molecule has 3 heterocycles. The lowest BCUT2D eigenvalue weighted by Gasteiger charge is -2.37. The molecular formula is C22H26N4O3. The lowest BCUT2D eigenvalue weighted by molar-refractivity contribution is -0.135. The van der Waals surface area contributed by atoms with E-state index < -0.39 is 0 Å². The minimum absolute atomic E-state index is 0.0522. The zero-order valence-corrected chi connectivity index (χ0v) is 16.5. The summed E-state index contributed by atoms with van der Waals surface area (Å²) >= 11 is 0. The molecule has 1 unspecified atom stereocenters. The van der Waals surface area contributed by atoms with Crippen molar-refractivity contribution in [2.75, 3.05) is 44.3 Å². The molecule has 2 aromatic rings. The van der Waals surface area contributed by atoms with Crippen LogP contribution in [0.5, 0.6) is 5.88 Å². The van der Waals surface area contributed by atoms with Gasteiger partial charge in [0.25, 0.3) is 0 Å². The summed E-state index contributed by atoms with van der Waals surface area (Å²) in [6.45, 7) is 4.54. The molecule has 0 bridgehead atoms. The summed E-state index contributed by atoms with van der Waals surface area (Å²) in [5.41, 5.74) is 2.00. The highest BCUT2D eigenvalue weighted by Crippen LogP contribution is 2.29. The summed E-state index contributed by atoms with van der Waals surface area (Å²) in [5, 5.41) is 0.924. The van der Waals surface area contributed by atoms with Crippen molar-refractivity contribution in [2.24, 2.45) is 5.92 Å². The maximum Gasteiger partial charge on any atom is 0.226 e. The first-order valence-corrected chi connectivity index (χ1v) is 10.5. The number of amides is 1. The van der Waals surface area contributed by atoms with Crippen LogP contribution in [0.25, 0.3) is 10.9 Å². The fraction of sp³-hybridized carbons (Fsp3) is 0.500. The Morgan fingerprint density at radius 2 is 1.93 bits per heavy atom. The predicted molar refractivity (Wildman–Crippen MR) is 110 cm³/mol. The van der Waals surface area contributed by atoms with E-state index in [4.69, 9.17) is 9.47 Å². The van der Waals surface area contributed by atoms with E-state index in [-0.39, 0.29) is 12.0 Å². The topological polar surface area (TPSA) is 67.8 Å². The molecule has 1 aliphatic carbocycles. The van der Waals surface area contributed by atoms with Gasteiger partial charge in [-0.2, -0.15) is 0 Å². The van der Waals surface area contributed by atoms with Gasteiger partial charge < -0.3 is 19.3 Å². The number of aromatic nitrogens is 2. The van der Waals surface area contributed by atoms with Crippen molar-refractivity contribution in [1.82, 2.24) is 14.9 Å². The Hall–Kier alpha value is -2.67. The average Bonchev–Trinajstić information content (AvgIpc) is 3.48. The first-order chi connectivity index (χ1) is 14.3. The third kappa shape index (κ3) is 3.79. The normalized spacial score (nSPS) is 22.6. The van der Waals surface area contributed by atoms with E-state index in [1.807, 2.05) is 11.0 Å². The van der Waals surface area contributed by atoms with Crippen molar-refractivity contribution >= 4 is 22.5 Å². The van der Waals surface area contributed by atoms with Crippen LogP contribution in [0.3, 0.4) is 0 Å². The first kappa shape index (κ1) is 18.4. The smallest absolute Gasteiger partial charge is 0.226 e. The van der Waals surface area contributed by atoms with Gasteiger partial charge in [-0.05, 0) is 31.0 Å². The number of carbonyl (C=O) groups excluding carboxylic acids is 1. The molecule has 1 aromatic heterocycles. The Kier molecular flexibility index (Phi) is 5.06. The van der Waals surface area contributed by atoms with Crippen LogP contribution in [-0.4, -0.2) is 66.3 Å². The second-order valence-electron chi connectivity index (χ2n) is 7.94. The van der Waals surface area contributed by atoms with Gasteiger partial charge in [0, 0.05) is 44.2 Å². The Morgan fingerprint density at radius 3 is 2.69 bits per heavy atom. The zero-order valence-electron chi connectivity index (χ0n) is 16.5. The lowest BCUT2D eigenvalue weighted by atomic mass is 10.1. The van der Waals surface area contributed by atoms with Crippen molar-refractivity contribution in [2.45, 2.75) is 25.4 Å². The third-order valence-electron chi connectivity index (χ3n) is 6.06. The summed E-state index contributed by atoms with van der Waals surface area (Å²) in [6, 6.07) is 6.22. The minimum atomic E-state index is 0.0522. The average molecular weight is 394 g/mol. The zero-order chi connectivity index (χ0) is 19.6. The highest BCUT2D eigenvalue weighted by Gasteiger charge is 2.28. The molecule has 3 aliphatic rings. The highest BCUT2D eigenvalue weighted by molar-refractivity contribution is 5.87. The number of allylic oxidation sites excluding steroid dienone is 2. The van der Waals surface area contributed by atoms with E-state index in [0.29, 0.717) is 18.4 Å². The third-order valence-corrected chi connectivity index (χ3v) is 6.06. The molecule has 7 heteroatoms. The summed E-state index contributed by atoms with van der Waals surface area (Å²) in [5.74, 6) is 1.07. The first-order valence-electron chi connectivity index (χ1n) is 10.5. The molecule has 1 atom stereocenters. The summed E-state index contributed by atoms with van der Waals surface area (Å²) in [7, 11) is 0. The van der Waals surface area contributed by atoms with E-state index in [1.165, 1.54) is 0 Å². The molecule has 5 rings (SSSR count). The molecule has 29 heavy (non-hydrogen) atoms. The number of carbonyl (C=O) groups is 1. The van der Waals surface area contributed by atoms with Crippen LogP contribution in [0, 0.1) is 5.92 Å². The summed E-state index contributed by atoms with van der Waals surface area (Å²) < 4.78 is 11.5. The molecule has 2 fully saturated rings. The van der Waals surface area contributed by atoms with Crippen LogP contribution in [0.1, 0.15) is 19.3 Å². The van der Waals surface area contributed by atoms with Gasteiger partial charge in [-0.3, -0.25) is 4.79 Å². The molecule has 1 aromatic carbocycles. The number of fused-ring (bicyclic) bond motifs is 1. The Bertz CT molecular complexity index is 909. The number of ether oxygens (including phenoxy) is 2. The van der Waals surface area contributed by atoms with E-state index in [1.54, 1.807) is 6.33 Å². The van der Waals surface area contributed by atoms with Crippen LogP contribution >= 0.6 is 0 Å². The van der Waals surface area contributed by atoms with Crippen LogP contribution in [0.2, 0.25) is 0 Å². The second kappa shape index (κ2) is 7.99. The SMILES string of the molecule is O=C(C1CC=CC1)N1CCN(c2ccc3ncnc(OC4CCOC4)c3c2)CC1. The quantitative estimate of drug-likeness (QED) is 0.742. The molecule has 2 aliphatic heterocycles.